The molecule has 1 saturated heterocycles. The van der Waals surface area contributed by atoms with Crippen molar-refractivity contribution in [3.63, 3.8) is 0 Å². The summed E-state index contributed by atoms with van der Waals surface area (Å²) in [6.45, 7) is 4.12. The van der Waals surface area contributed by atoms with E-state index in [4.69, 9.17) is 12.2 Å². The second-order valence-electron chi connectivity index (χ2n) is 4.36. The molecular formula is C12H17IN4S. The van der Waals surface area contributed by atoms with E-state index in [-0.39, 0.29) is 0 Å². The van der Waals surface area contributed by atoms with E-state index in [1.54, 1.807) is 0 Å². The van der Waals surface area contributed by atoms with Gasteiger partial charge in [0.15, 0.2) is 5.11 Å². The lowest BCUT2D eigenvalue weighted by Gasteiger charge is -2.33. The summed E-state index contributed by atoms with van der Waals surface area (Å²) in [4.78, 5) is 2.31. The molecule has 1 heterocycles. The number of anilines is 1. The molecule has 0 atom stereocenters. The molecule has 6 heteroatoms. The lowest BCUT2D eigenvalue weighted by molar-refractivity contribution is 0.131. The van der Waals surface area contributed by atoms with Crippen molar-refractivity contribution in [2.45, 2.75) is 0 Å². The number of hydrogen-bond donors (Lipinski definition) is 2. The van der Waals surface area contributed by atoms with E-state index in [0.717, 1.165) is 31.9 Å². The molecule has 0 unspecified atom stereocenters. The van der Waals surface area contributed by atoms with Gasteiger partial charge in [-0.1, -0.05) is 0 Å². The third-order valence-corrected chi connectivity index (χ3v) is 3.78. The van der Waals surface area contributed by atoms with Gasteiger partial charge in [-0.25, -0.2) is 5.01 Å². The zero-order valence-electron chi connectivity index (χ0n) is 10.3. The van der Waals surface area contributed by atoms with Crippen LogP contribution in [0, 0.1) is 3.57 Å². The van der Waals surface area contributed by atoms with Gasteiger partial charge < -0.3 is 10.2 Å². The number of thiocarbonyl (C=S) groups is 1. The fraction of sp³-hybridized carbons (Fsp3) is 0.417. The van der Waals surface area contributed by atoms with E-state index in [2.05, 4.69) is 62.4 Å². The fourth-order valence-electron chi connectivity index (χ4n) is 1.75. The highest BCUT2D eigenvalue weighted by Crippen LogP contribution is 2.10. The quantitative estimate of drug-likeness (QED) is 0.607. The van der Waals surface area contributed by atoms with Gasteiger partial charge in [-0.2, -0.15) is 0 Å². The van der Waals surface area contributed by atoms with Crippen LogP contribution in [0.2, 0.25) is 0 Å². The Labute approximate surface area is 127 Å². The molecule has 0 radical (unpaired) electrons. The molecule has 0 aliphatic carbocycles. The second-order valence-corrected chi connectivity index (χ2v) is 6.02. The summed E-state index contributed by atoms with van der Waals surface area (Å²) in [7, 11) is 2.14. The van der Waals surface area contributed by atoms with Crippen LogP contribution >= 0.6 is 34.8 Å². The van der Waals surface area contributed by atoms with Crippen molar-refractivity contribution >= 4 is 45.6 Å². The van der Waals surface area contributed by atoms with Gasteiger partial charge in [0, 0.05) is 35.4 Å². The molecule has 1 aromatic rings. The largest absolute Gasteiger partial charge is 0.332 e. The standard InChI is InChI=1S/C12H17IN4S/c1-16-6-8-17(9-7-16)15-12(18)14-11-4-2-10(13)3-5-11/h2-5H,6-9H2,1H3,(H2,14,15,18). The first kappa shape index (κ1) is 14.0. The molecule has 18 heavy (non-hydrogen) atoms. The SMILES string of the molecule is CN1CCN(NC(=S)Nc2ccc(I)cc2)CC1. The highest BCUT2D eigenvalue weighted by atomic mass is 127. The number of halogens is 1. The number of hydrazine groups is 1. The van der Waals surface area contributed by atoms with E-state index >= 15 is 0 Å². The van der Waals surface area contributed by atoms with E-state index in [9.17, 15) is 0 Å². The van der Waals surface area contributed by atoms with Gasteiger partial charge in [0.05, 0.1) is 0 Å². The molecule has 0 spiro atoms. The van der Waals surface area contributed by atoms with Crippen molar-refractivity contribution < 1.29 is 0 Å². The molecule has 0 bridgehead atoms. The van der Waals surface area contributed by atoms with Gasteiger partial charge in [0.1, 0.15) is 0 Å². The monoisotopic (exact) mass is 376 g/mol. The van der Waals surface area contributed by atoms with Crippen LogP contribution in [0.4, 0.5) is 5.69 Å². The Bertz CT molecular complexity index is 401. The molecule has 2 rings (SSSR count). The molecule has 2 N–H and O–H groups in total. The number of piperazine rings is 1. The lowest BCUT2D eigenvalue weighted by atomic mass is 10.3. The Balaban J connectivity index is 1.80. The first-order chi connectivity index (χ1) is 8.63. The minimum absolute atomic E-state index is 0.653. The Morgan fingerprint density at radius 1 is 1.17 bits per heavy atom. The molecule has 1 aliphatic rings. The highest BCUT2D eigenvalue weighted by molar-refractivity contribution is 14.1. The zero-order valence-corrected chi connectivity index (χ0v) is 13.3. The number of nitrogens with one attached hydrogen (secondary N) is 2. The van der Waals surface area contributed by atoms with Gasteiger partial charge in [0.25, 0.3) is 0 Å². The average molecular weight is 376 g/mol. The van der Waals surface area contributed by atoms with Crippen molar-refractivity contribution in [3.05, 3.63) is 27.8 Å². The predicted molar refractivity (Wildman–Crippen MR) is 87.6 cm³/mol. The third-order valence-electron chi connectivity index (χ3n) is 2.87. The van der Waals surface area contributed by atoms with Crippen molar-refractivity contribution in [3.8, 4) is 0 Å². The van der Waals surface area contributed by atoms with Crippen molar-refractivity contribution in [2.24, 2.45) is 0 Å². The molecule has 1 aromatic carbocycles. The molecule has 0 amide bonds. The topological polar surface area (TPSA) is 30.5 Å². The van der Waals surface area contributed by atoms with Crippen LogP contribution < -0.4 is 10.7 Å². The molecule has 98 valence electrons. The normalized spacial score (nSPS) is 17.4. The Hall–Kier alpha value is -0.440. The van der Waals surface area contributed by atoms with Gasteiger partial charge >= 0.3 is 0 Å². The lowest BCUT2D eigenvalue weighted by Crippen LogP contribution is -2.53. The van der Waals surface area contributed by atoms with E-state index < -0.39 is 0 Å². The van der Waals surface area contributed by atoms with Crippen LogP contribution in [0.3, 0.4) is 0 Å². The first-order valence-corrected chi connectivity index (χ1v) is 7.39. The Kier molecular flexibility index (Phi) is 5.16. The average Bonchev–Trinajstić information content (AvgIpc) is 2.35. The second kappa shape index (κ2) is 6.65. The fourth-order valence-corrected chi connectivity index (χ4v) is 2.36. The van der Waals surface area contributed by atoms with Gasteiger partial charge in [-0.05, 0) is 66.1 Å². The summed E-state index contributed by atoms with van der Waals surface area (Å²) in [6.07, 6.45) is 0. The third kappa shape index (κ3) is 4.34. The van der Waals surface area contributed by atoms with E-state index in [0.29, 0.717) is 5.11 Å². The van der Waals surface area contributed by atoms with Crippen LogP contribution in [0.25, 0.3) is 0 Å². The van der Waals surface area contributed by atoms with Crippen LogP contribution in [0.15, 0.2) is 24.3 Å². The van der Waals surface area contributed by atoms with Gasteiger partial charge in [0.2, 0.25) is 0 Å². The first-order valence-electron chi connectivity index (χ1n) is 5.90. The van der Waals surface area contributed by atoms with Crippen molar-refractivity contribution in [1.29, 1.82) is 0 Å². The van der Waals surface area contributed by atoms with Crippen LogP contribution in [0.5, 0.6) is 0 Å². The number of benzene rings is 1. The van der Waals surface area contributed by atoms with Crippen LogP contribution in [-0.2, 0) is 0 Å². The Morgan fingerprint density at radius 3 is 2.39 bits per heavy atom. The molecular weight excluding hydrogens is 359 g/mol. The van der Waals surface area contributed by atoms with E-state index in [1.807, 2.05) is 12.1 Å². The summed E-state index contributed by atoms with van der Waals surface area (Å²) in [6, 6.07) is 8.17. The van der Waals surface area contributed by atoms with Crippen LogP contribution in [-0.4, -0.2) is 48.2 Å². The van der Waals surface area contributed by atoms with E-state index in [1.165, 1.54) is 3.57 Å². The summed E-state index contributed by atoms with van der Waals surface area (Å²) < 4.78 is 1.22. The summed E-state index contributed by atoms with van der Waals surface area (Å²) in [5.74, 6) is 0. The number of nitrogens with zero attached hydrogens (tertiary/aromatic N) is 2. The summed E-state index contributed by atoms with van der Waals surface area (Å²) >= 11 is 7.59. The van der Waals surface area contributed by atoms with Crippen LogP contribution in [0.1, 0.15) is 0 Å². The molecule has 0 saturated carbocycles. The minimum atomic E-state index is 0.653. The predicted octanol–water partition coefficient (Wildman–Crippen LogP) is 1.74. The summed E-state index contributed by atoms with van der Waals surface area (Å²) in [5.41, 5.74) is 4.24. The molecule has 4 nitrogen and oxygen atoms in total. The zero-order chi connectivity index (χ0) is 13.0. The maximum atomic E-state index is 5.30. The minimum Gasteiger partial charge on any atom is -0.332 e. The maximum absolute atomic E-state index is 5.30. The maximum Gasteiger partial charge on any atom is 0.185 e. The number of hydrogen-bond acceptors (Lipinski definition) is 3. The molecule has 1 fully saturated rings. The molecule has 0 aromatic heterocycles. The van der Waals surface area contributed by atoms with Crippen molar-refractivity contribution in [2.75, 3.05) is 38.5 Å². The summed E-state index contributed by atoms with van der Waals surface area (Å²) in [5, 5.41) is 6.00. The molecule has 1 aliphatic heterocycles. The number of rotatable bonds is 2. The van der Waals surface area contributed by atoms with Gasteiger partial charge in [-0.3, -0.25) is 5.43 Å². The smallest absolute Gasteiger partial charge is 0.185 e. The Morgan fingerprint density at radius 2 is 1.78 bits per heavy atom. The van der Waals surface area contributed by atoms with Crippen molar-refractivity contribution in [1.82, 2.24) is 15.3 Å². The van der Waals surface area contributed by atoms with Gasteiger partial charge in [-0.15, -0.1) is 0 Å². The number of likely N-dealkylation sites (N-methyl/N-ethyl adjacent to an activating group) is 1. The highest BCUT2D eigenvalue weighted by Gasteiger charge is 2.14.